The van der Waals surface area contributed by atoms with Gasteiger partial charge in [0.15, 0.2) is 0 Å². The number of ether oxygens (including phenoxy) is 1. The number of benzene rings is 3. The number of carbonyl (C=O) groups excluding carboxylic acids is 2. The van der Waals surface area contributed by atoms with Crippen LogP contribution in [0.2, 0.25) is 0 Å². The molecule has 152 valence electrons. The summed E-state index contributed by atoms with van der Waals surface area (Å²) in [4.78, 5) is 25.2. The second kappa shape index (κ2) is 9.56. The molecule has 0 radical (unpaired) electrons. The number of aryl methyl sites for hydroxylation is 2. The van der Waals surface area contributed by atoms with E-state index in [2.05, 4.69) is 10.6 Å². The average molecular weight is 400 g/mol. The van der Waals surface area contributed by atoms with E-state index in [9.17, 15) is 9.59 Å². The summed E-state index contributed by atoms with van der Waals surface area (Å²) in [6.45, 7) is 4.01. The molecule has 0 saturated carbocycles. The van der Waals surface area contributed by atoms with Crippen molar-refractivity contribution in [2.24, 2.45) is 0 Å². The Morgan fingerprint density at radius 2 is 1.60 bits per heavy atom. The normalized spacial score (nSPS) is 10.6. The molecular formula is C25H24N2O3. The van der Waals surface area contributed by atoms with E-state index in [4.69, 9.17) is 4.74 Å². The van der Waals surface area contributed by atoms with Crippen molar-refractivity contribution in [1.29, 1.82) is 0 Å². The minimum Gasteiger partial charge on any atom is -0.496 e. The summed E-state index contributed by atoms with van der Waals surface area (Å²) < 4.78 is 5.28. The van der Waals surface area contributed by atoms with Crippen LogP contribution in [0.4, 0.5) is 11.4 Å². The molecule has 3 aromatic carbocycles. The van der Waals surface area contributed by atoms with Crippen LogP contribution in [0.3, 0.4) is 0 Å². The van der Waals surface area contributed by atoms with Gasteiger partial charge in [0.1, 0.15) is 5.75 Å². The van der Waals surface area contributed by atoms with Crippen molar-refractivity contribution in [3.05, 3.63) is 95.1 Å². The Morgan fingerprint density at radius 1 is 0.867 bits per heavy atom. The van der Waals surface area contributed by atoms with Crippen molar-refractivity contribution < 1.29 is 14.3 Å². The van der Waals surface area contributed by atoms with Gasteiger partial charge in [0.25, 0.3) is 5.91 Å². The van der Waals surface area contributed by atoms with Crippen LogP contribution in [-0.4, -0.2) is 18.9 Å². The maximum Gasteiger partial charge on any atom is 0.257 e. The first-order chi connectivity index (χ1) is 14.5. The number of nitrogens with one attached hydrogen (secondary N) is 2. The average Bonchev–Trinajstić information content (AvgIpc) is 2.75. The standard InChI is InChI=1S/C25H24N2O3/c1-17-12-14-20(16-18(17)2)26-25(29)21-9-5-6-10-22(21)27-24(28)15-13-19-8-4-7-11-23(19)30-3/h4-16H,1-3H3,(H,26,29)(H,27,28). The van der Waals surface area contributed by atoms with E-state index in [0.29, 0.717) is 22.7 Å². The highest BCUT2D eigenvalue weighted by Crippen LogP contribution is 2.21. The van der Waals surface area contributed by atoms with E-state index in [-0.39, 0.29) is 11.8 Å². The topological polar surface area (TPSA) is 67.4 Å². The van der Waals surface area contributed by atoms with Gasteiger partial charge in [0.2, 0.25) is 5.91 Å². The Labute approximate surface area is 176 Å². The quantitative estimate of drug-likeness (QED) is 0.558. The summed E-state index contributed by atoms with van der Waals surface area (Å²) in [6.07, 6.45) is 3.09. The van der Waals surface area contributed by atoms with E-state index >= 15 is 0 Å². The third kappa shape index (κ3) is 5.14. The van der Waals surface area contributed by atoms with Gasteiger partial charge in [-0.1, -0.05) is 36.4 Å². The van der Waals surface area contributed by atoms with Gasteiger partial charge in [0, 0.05) is 17.3 Å². The molecule has 0 bridgehead atoms. The molecule has 0 aliphatic heterocycles. The van der Waals surface area contributed by atoms with Crippen molar-refractivity contribution >= 4 is 29.3 Å². The highest BCUT2D eigenvalue weighted by atomic mass is 16.5. The van der Waals surface area contributed by atoms with Crippen LogP contribution in [0.5, 0.6) is 5.75 Å². The van der Waals surface area contributed by atoms with Gasteiger partial charge in [0.05, 0.1) is 18.4 Å². The molecule has 0 aliphatic carbocycles. The van der Waals surface area contributed by atoms with Crippen molar-refractivity contribution in [3.63, 3.8) is 0 Å². The predicted molar refractivity (Wildman–Crippen MR) is 121 cm³/mol. The Hall–Kier alpha value is -3.86. The van der Waals surface area contributed by atoms with Crippen LogP contribution < -0.4 is 15.4 Å². The number of hydrogen-bond acceptors (Lipinski definition) is 3. The fraction of sp³-hybridized carbons (Fsp3) is 0.120. The maximum absolute atomic E-state index is 12.8. The zero-order chi connectivity index (χ0) is 21.5. The lowest BCUT2D eigenvalue weighted by Crippen LogP contribution is -2.17. The van der Waals surface area contributed by atoms with Gasteiger partial charge in [-0.05, 0) is 61.4 Å². The summed E-state index contributed by atoms with van der Waals surface area (Å²) >= 11 is 0. The Bertz CT molecular complexity index is 1100. The number of anilines is 2. The Morgan fingerprint density at radius 3 is 2.37 bits per heavy atom. The van der Waals surface area contributed by atoms with Crippen molar-refractivity contribution in [1.82, 2.24) is 0 Å². The Kier molecular flexibility index (Phi) is 6.65. The number of carbonyl (C=O) groups is 2. The molecule has 5 nitrogen and oxygen atoms in total. The van der Waals surface area contributed by atoms with Crippen LogP contribution in [0, 0.1) is 13.8 Å². The lowest BCUT2D eigenvalue weighted by atomic mass is 10.1. The largest absolute Gasteiger partial charge is 0.496 e. The van der Waals surface area contributed by atoms with Crippen LogP contribution in [0.15, 0.2) is 72.8 Å². The molecule has 0 fully saturated rings. The molecule has 0 heterocycles. The zero-order valence-electron chi connectivity index (χ0n) is 17.2. The van der Waals surface area contributed by atoms with Gasteiger partial charge < -0.3 is 15.4 Å². The molecule has 0 unspecified atom stereocenters. The van der Waals surface area contributed by atoms with Gasteiger partial charge >= 0.3 is 0 Å². The number of rotatable bonds is 6. The molecule has 0 spiro atoms. The molecule has 0 atom stereocenters. The highest BCUT2D eigenvalue weighted by molar-refractivity contribution is 6.11. The maximum atomic E-state index is 12.8. The third-order valence-corrected chi connectivity index (χ3v) is 4.75. The van der Waals surface area contributed by atoms with E-state index < -0.39 is 0 Å². The summed E-state index contributed by atoms with van der Waals surface area (Å²) in [5, 5.41) is 5.67. The first-order valence-corrected chi connectivity index (χ1v) is 9.57. The summed E-state index contributed by atoms with van der Waals surface area (Å²) in [7, 11) is 1.58. The SMILES string of the molecule is COc1ccccc1C=CC(=O)Nc1ccccc1C(=O)Nc1ccc(C)c(C)c1. The number of amides is 2. The zero-order valence-corrected chi connectivity index (χ0v) is 17.2. The Balaban J connectivity index is 1.74. The predicted octanol–water partition coefficient (Wildman–Crippen LogP) is 5.22. The van der Waals surface area contributed by atoms with Crippen molar-refractivity contribution in [2.75, 3.05) is 17.7 Å². The molecule has 0 aromatic heterocycles. The van der Waals surface area contributed by atoms with E-state index in [1.165, 1.54) is 6.08 Å². The van der Waals surface area contributed by atoms with Gasteiger partial charge in [-0.2, -0.15) is 0 Å². The second-order valence-corrected chi connectivity index (χ2v) is 6.86. The molecular weight excluding hydrogens is 376 g/mol. The minimum atomic E-state index is -0.340. The molecule has 2 N–H and O–H groups in total. The van der Waals surface area contributed by atoms with Crippen molar-refractivity contribution in [2.45, 2.75) is 13.8 Å². The van der Waals surface area contributed by atoms with Crippen LogP contribution in [0.25, 0.3) is 6.08 Å². The van der Waals surface area contributed by atoms with Crippen LogP contribution in [-0.2, 0) is 4.79 Å². The molecule has 3 aromatic rings. The third-order valence-electron chi connectivity index (χ3n) is 4.75. The van der Waals surface area contributed by atoms with Gasteiger partial charge in [-0.15, -0.1) is 0 Å². The lowest BCUT2D eigenvalue weighted by Gasteiger charge is -2.11. The first-order valence-electron chi connectivity index (χ1n) is 9.57. The minimum absolute atomic E-state index is 0.289. The highest BCUT2D eigenvalue weighted by Gasteiger charge is 2.13. The molecule has 0 aliphatic rings. The van der Waals surface area contributed by atoms with Gasteiger partial charge in [-0.25, -0.2) is 0 Å². The van der Waals surface area contributed by atoms with Gasteiger partial charge in [-0.3, -0.25) is 9.59 Å². The van der Waals surface area contributed by atoms with E-state index in [0.717, 1.165) is 16.7 Å². The lowest BCUT2D eigenvalue weighted by molar-refractivity contribution is -0.111. The molecule has 3 rings (SSSR count). The van der Waals surface area contributed by atoms with Crippen molar-refractivity contribution in [3.8, 4) is 5.75 Å². The fourth-order valence-electron chi connectivity index (χ4n) is 2.95. The number of para-hydroxylation sites is 2. The molecule has 0 saturated heterocycles. The second-order valence-electron chi connectivity index (χ2n) is 6.86. The van der Waals surface area contributed by atoms with E-state index in [1.807, 2.05) is 56.3 Å². The monoisotopic (exact) mass is 400 g/mol. The summed E-state index contributed by atoms with van der Waals surface area (Å²) in [5.74, 6) is 0.0462. The first kappa shape index (κ1) is 20.9. The fourth-order valence-corrected chi connectivity index (χ4v) is 2.95. The number of methoxy groups -OCH3 is 1. The summed E-state index contributed by atoms with van der Waals surface area (Å²) in [6, 6.07) is 20.1. The number of hydrogen-bond donors (Lipinski definition) is 2. The smallest absolute Gasteiger partial charge is 0.257 e. The molecule has 2 amide bonds. The molecule has 30 heavy (non-hydrogen) atoms. The van der Waals surface area contributed by atoms with E-state index in [1.54, 1.807) is 37.5 Å². The summed E-state index contributed by atoms with van der Waals surface area (Å²) in [5.41, 5.74) is 4.57. The van der Waals surface area contributed by atoms with Crippen LogP contribution >= 0.6 is 0 Å². The molecule has 5 heteroatoms. The van der Waals surface area contributed by atoms with Crippen LogP contribution in [0.1, 0.15) is 27.0 Å².